The highest BCUT2D eigenvalue weighted by Crippen LogP contribution is 2.38. The number of nitrogens with one attached hydrogen (secondary N) is 1. The van der Waals surface area contributed by atoms with Crippen molar-refractivity contribution in [2.75, 3.05) is 13.2 Å². The molecule has 1 heterocycles. The molecule has 3 N–H and O–H groups in total. The minimum Gasteiger partial charge on any atom is -0.396 e. The lowest BCUT2D eigenvalue weighted by Gasteiger charge is -2.12. The summed E-state index contributed by atoms with van der Waals surface area (Å²) >= 11 is 0. The lowest BCUT2D eigenvalue weighted by molar-refractivity contribution is 0.141. The third-order valence-corrected chi connectivity index (χ3v) is 3.53. The maximum absolute atomic E-state index is 11.6. The fourth-order valence-electron chi connectivity index (χ4n) is 2.57. The second-order valence-corrected chi connectivity index (χ2v) is 4.53. The zero-order valence-corrected chi connectivity index (χ0v) is 9.37. The van der Waals surface area contributed by atoms with Gasteiger partial charge in [0.1, 0.15) is 0 Å². The van der Waals surface area contributed by atoms with Crippen molar-refractivity contribution in [1.29, 1.82) is 0 Å². The molecule has 0 bridgehead atoms. The van der Waals surface area contributed by atoms with Gasteiger partial charge in [-0.2, -0.15) is 0 Å². The molecule has 1 fully saturated rings. The zero-order valence-electron chi connectivity index (χ0n) is 9.37. The lowest BCUT2D eigenvalue weighted by Crippen LogP contribution is -2.30. The van der Waals surface area contributed by atoms with E-state index in [1.54, 1.807) is 0 Å². The predicted molar refractivity (Wildman–Crippen MR) is 60.7 cm³/mol. The average Bonchev–Trinajstić information content (AvgIpc) is 2.72. The summed E-state index contributed by atoms with van der Waals surface area (Å²) in [6.45, 7) is 0.0274. The molecule has 2 atom stereocenters. The molecular formula is C11H16N2O4. The van der Waals surface area contributed by atoms with E-state index in [4.69, 9.17) is 0 Å². The van der Waals surface area contributed by atoms with Gasteiger partial charge in [-0.3, -0.25) is 14.3 Å². The van der Waals surface area contributed by atoms with E-state index in [0.29, 0.717) is 12.8 Å². The molecule has 1 aliphatic carbocycles. The molecule has 1 aliphatic rings. The Hall–Kier alpha value is -1.40. The second kappa shape index (κ2) is 4.85. The molecule has 0 spiro atoms. The molecule has 6 heteroatoms. The number of nitrogens with zero attached hydrogens (tertiary/aromatic N) is 1. The van der Waals surface area contributed by atoms with Crippen molar-refractivity contribution in [3.63, 3.8) is 0 Å². The van der Waals surface area contributed by atoms with E-state index in [1.807, 2.05) is 0 Å². The standard InChI is InChI=1S/C11H16N2O4/c14-5-7-3-9(4-8(7)6-15)13-2-1-10(16)12-11(13)17/h1-2,7-9,14-15H,3-6H2,(H,12,16,17). The van der Waals surface area contributed by atoms with Gasteiger partial charge in [0.2, 0.25) is 0 Å². The number of hydrogen-bond acceptors (Lipinski definition) is 4. The first-order valence-corrected chi connectivity index (χ1v) is 5.69. The van der Waals surface area contributed by atoms with E-state index in [2.05, 4.69) is 4.98 Å². The quantitative estimate of drug-likeness (QED) is 0.637. The Bertz CT molecular complexity index is 481. The van der Waals surface area contributed by atoms with Crippen molar-refractivity contribution in [1.82, 2.24) is 9.55 Å². The molecule has 0 radical (unpaired) electrons. The molecule has 0 saturated heterocycles. The Labute approximate surface area is 97.5 Å². The van der Waals surface area contributed by atoms with E-state index in [1.165, 1.54) is 16.8 Å². The van der Waals surface area contributed by atoms with Crippen LogP contribution in [0, 0.1) is 11.8 Å². The van der Waals surface area contributed by atoms with Crippen molar-refractivity contribution < 1.29 is 10.2 Å². The molecule has 6 nitrogen and oxygen atoms in total. The van der Waals surface area contributed by atoms with Gasteiger partial charge in [0.25, 0.3) is 5.56 Å². The average molecular weight is 240 g/mol. The molecule has 2 rings (SSSR count). The zero-order chi connectivity index (χ0) is 12.4. The molecule has 0 aliphatic heterocycles. The molecule has 0 amide bonds. The van der Waals surface area contributed by atoms with Crippen LogP contribution in [0.3, 0.4) is 0 Å². The van der Waals surface area contributed by atoms with Gasteiger partial charge in [-0.1, -0.05) is 0 Å². The van der Waals surface area contributed by atoms with Crippen molar-refractivity contribution in [2.45, 2.75) is 18.9 Å². The molecule has 1 saturated carbocycles. The number of rotatable bonds is 3. The minimum absolute atomic E-state index is 0.0137. The van der Waals surface area contributed by atoms with E-state index in [0.717, 1.165) is 0 Å². The molecule has 1 aromatic rings. The van der Waals surface area contributed by atoms with Crippen molar-refractivity contribution in [2.24, 2.45) is 11.8 Å². The molecule has 94 valence electrons. The highest BCUT2D eigenvalue weighted by atomic mass is 16.3. The smallest absolute Gasteiger partial charge is 0.328 e. The highest BCUT2D eigenvalue weighted by molar-refractivity contribution is 4.91. The van der Waals surface area contributed by atoms with Crippen LogP contribution in [0.15, 0.2) is 21.9 Å². The van der Waals surface area contributed by atoms with Crippen LogP contribution in [0.4, 0.5) is 0 Å². The number of aromatic nitrogens is 2. The summed E-state index contributed by atoms with van der Waals surface area (Å²) in [6.07, 6.45) is 2.77. The third-order valence-electron chi connectivity index (χ3n) is 3.53. The minimum atomic E-state index is -0.433. The van der Waals surface area contributed by atoms with E-state index >= 15 is 0 Å². The van der Waals surface area contributed by atoms with Crippen molar-refractivity contribution in [3.05, 3.63) is 33.1 Å². The number of H-pyrrole nitrogens is 1. The van der Waals surface area contributed by atoms with Crippen molar-refractivity contribution in [3.8, 4) is 0 Å². The van der Waals surface area contributed by atoms with Crippen LogP contribution in [0.2, 0.25) is 0 Å². The van der Waals surface area contributed by atoms with E-state index in [9.17, 15) is 19.8 Å². The van der Waals surface area contributed by atoms with Gasteiger partial charge in [-0.25, -0.2) is 4.79 Å². The van der Waals surface area contributed by atoms with Gasteiger partial charge in [-0.05, 0) is 24.7 Å². The number of hydrogen-bond donors (Lipinski definition) is 3. The number of aliphatic hydroxyl groups is 2. The maximum Gasteiger partial charge on any atom is 0.328 e. The van der Waals surface area contributed by atoms with Gasteiger partial charge in [0.15, 0.2) is 0 Å². The summed E-state index contributed by atoms with van der Waals surface area (Å²) in [4.78, 5) is 24.8. The summed E-state index contributed by atoms with van der Waals surface area (Å²) in [5, 5.41) is 18.4. The first kappa shape index (κ1) is 12.1. The molecule has 1 aromatic heterocycles. The first-order chi connectivity index (χ1) is 8.15. The predicted octanol–water partition coefficient (Wildman–Crippen LogP) is -0.912. The molecule has 17 heavy (non-hydrogen) atoms. The first-order valence-electron chi connectivity index (χ1n) is 5.69. The largest absolute Gasteiger partial charge is 0.396 e. The Morgan fingerprint density at radius 1 is 1.24 bits per heavy atom. The van der Waals surface area contributed by atoms with Crippen LogP contribution in [0.5, 0.6) is 0 Å². The van der Waals surface area contributed by atoms with Gasteiger partial charge in [0.05, 0.1) is 0 Å². The highest BCUT2D eigenvalue weighted by Gasteiger charge is 2.34. The second-order valence-electron chi connectivity index (χ2n) is 4.53. The van der Waals surface area contributed by atoms with Crippen LogP contribution in [0.25, 0.3) is 0 Å². The third kappa shape index (κ3) is 2.32. The molecule has 0 aromatic carbocycles. The Morgan fingerprint density at radius 3 is 2.29 bits per heavy atom. The molecular weight excluding hydrogens is 224 g/mol. The van der Waals surface area contributed by atoms with Gasteiger partial charge >= 0.3 is 5.69 Å². The fraction of sp³-hybridized carbons (Fsp3) is 0.636. The fourth-order valence-corrected chi connectivity index (χ4v) is 2.57. The Kier molecular flexibility index (Phi) is 3.44. The van der Waals surface area contributed by atoms with Crippen LogP contribution >= 0.6 is 0 Å². The summed E-state index contributed by atoms with van der Waals surface area (Å²) in [5.74, 6) is 0.0349. The van der Waals surface area contributed by atoms with Crippen LogP contribution in [-0.4, -0.2) is 33.0 Å². The van der Waals surface area contributed by atoms with Gasteiger partial charge < -0.3 is 10.2 Å². The van der Waals surface area contributed by atoms with Crippen LogP contribution in [0.1, 0.15) is 18.9 Å². The SMILES string of the molecule is O=c1ccn(C2CC(CO)C(CO)C2)c(=O)[nH]1. The Balaban J connectivity index is 2.25. The van der Waals surface area contributed by atoms with Crippen molar-refractivity contribution >= 4 is 0 Å². The van der Waals surface area contributed by atoms with Crippen LogP contribution in [-0.2, 0) is 0 Å². The van der Waals surface area contributed by atoms with Gasteiger partial charge in [0, 0.05) is 31.5 Å². The summed E-state index contributed by atoms with van der Waals surface area (Å²) in [7, 11) is 0. The topological polar surface area (TPSA) is 95.3 Å². The Morgan fingerprint density at radius 2 is 1.82 bits per heavy atom. The summed E-state index contributed by atoms with van der Waals surface area (Å²) in [5.41, 5.74) is -0.848. The monoisotopic (exact) mass is 240 g/mol. The summed E-state index contributed by atoms with van der Waals surface area (Å²) in [6, 6.07) is 1.25. The molecule has 2 unspecified atom stereocenters. The maximum atomic E-state index is 11.6. The van der Waals surface area contributed by atoms with Crippen LogP contribution < -0.4 is 11.2 Å². The number of aromatic amines is 1. The van der Waals surface area contributed by atoms with E-state index in [-0.39, 0.29) is 31.1 Å². The van der Waals surface area contributed by atoms with E-state index < -0.39 is 11.2 Å². The van der Waals surface area contributed by atoms with Gasteiger partial charge in [-0.15, -0.1) is 0 Å². The lowest BCUT2D eigenvalue weighted by atomic mass is 9.98. The number of aliphatic hydroxyl groups excluding tert-OH is 2. The summed E-state index contributed by atoms with van der Waals surface area (Å²) < 4.78 is 1.47. The normalized spacial score (nSPS) is 28.5.